The number of hydrogen-bond donors (Lipinski definition) is 0. The first-order chi connectivity index (χ1) is 19.3. The van der Waals surface area contributed by atoms with E-state index in [0.717, 1.165) is 66.9 Å². The summed E-state index contributed by atoms with van der Waals surface area (Å²) in [4.78, 5) is 52.7. The van der Waals surface area contributed by atoms with E-state index in [2.05, 4.69) is 4.98 Å². The molecule has 0 spiro atoms. The average Bonchev–Trinajstić information content (AvgIpc) is 3.56. The van der Waals surface area contributed by atoms with Gasteiger partial charge in [0.05, 0.1) is 17.7 Å². The molecule has 2 aromatic rings. The van der Waals surface area contributed by atoms with Crippen LogP contribution in [0.4, 0.5) is 5.82 Å². The van der Waals surface area contributed by atoms with E-state index in [1.165, 1.54) is 0 Å². The van der Waals surface area contributed by atoms with Gasteiger partial charge >= 0.3 is 0 Å². The highest BCUT2D eigenvalue weighted by Gasteiger charge is 2.45. The van der Waals surface area contributed by atoms with Crippen molar-refractivity contribution in [2.75, 3.05) is 19.7 Å². The Morgan fingerprint density at radius 1 is 1.05 bits per heavy atom. The first kappa shape index (κ1) is 27.0. The molecule has 1 aromatic heterocycles. The minimum Gasteiger partial charge on any atom is -0.487 e. The van der Waals surface area contributed by atoms with E-state index in [0.29, 0.717) is 49.7 Å². The van der Waals surface area contributed by atoms with Gasteiger partial charge in [-0.15, -0.1) is 0 Å². The minimum absolute atomic E-state index is 0.0220. The second-order valence-corrected chi connectivity index (χ2v) is 11.9. The Balaban J connectivity index is 1.35. The fourth-order valence-corrected chi connectivity index (χ4v) is 7.18. The number of ketones is 1. The Labute approximate surface area is 239 Å². The molecule has 2 amide bonds. The normalized spacial score (nSPS) is 24.4. The van der Waals surface area contributed by atoms with Gasteiger partial charge in [-0.3, -0.25) is 14.4 Å². The summed E-state index contributed by atoms with van der Waals surface area (Å²) in [6.45, 7) is 2.90. The van der Waals surface area contributed by atoms with Crippen LogP contribution in [0.2, 0.25) is 5.02 Å². The molecular weight excluding hydrogens is 530 g/mol. The zero-order chi connectivity index (χ0) is 28.0. The molecule has 1 aliphatic carbocycles. The number of aliphatic imine (C=N–C) groups is 1. The molecule has 3 unspecified atom stereocenters. The number of fused-ring (bicyclic) bond motifs is 2. The molecule has 1 aromatic carbocycles. The van der Waals surface area contributed by atoms with Crippen molar-refractivity contribution >= 4 is 40.7 Å². The third kappa shape index (κ3) is 4.82. The summed E-state index contributed by atoms with van der Waals surface area (Å²) in [5.41, 5.74) is 3.61. The number of carbonyl (C=O) groups excluding carboxylic acids is 3. The molecule has 0 N–H and O–H groups in total. The number of amides is 2. The average molecular weight is 566 g/mol. The van der Waals surface area contributed by atoms with Crippen LogP contribution in [0.5, 0.6) is 5.75 Å². The van der Waals surface area contributed by atoms with Crippen molar-refractivity contribution in [1.82, 2.24) is 19.4 Å². The molecule has 9 nitrogen and oxygen atoms in total. The topological polar surface area (TPSA) is 97.1 Å². The predicted molar refractivity (Wildman–Crippen MR) is 151 cm³/mol. The molecule has 40 heavy (non-hydrogen) atoms. The summed E-state index contributed by atoms with van der Waals surface area (Å²) in [7, 11) is 1.93. The van der Waals surface area contributed by atoms with Gasteiger partial charge in [-0.25, -0.2) is 9.98 Å². The zero-order valence-electron chi connectivity index (χ0n) is 23.2. The highest BCUT2D eigenvalue weighted by atomic mass is 35.5. The van der Waals surface area contributed by atoms with Gasteiger partial charge in [0.1, 0.15) is 24.3 Å². The summed E-state index contributed by atoms with van der Waals surface area (Å²) in [5.74, 6) is 0.895. The maximum Gasteiger partial charge on any atom is 0.228 e. The van der Waals surface area contributed by atoms with Gasteiger partial charge in [-0.05, 0) is 63.1 Å². The van der Waals surface area contributed by atoms with Crippen molar-refractivity contribution in [2.45, 2.75) is 70.9 Å². The maximum absolute atomic E-state index is 14.2. The van der Waals surface area contributed by atoms with E-state index in [4.69, 9.17) is 21.3 Å². The second-order valence-electron chi connectivity index (χ2n) is 11.5. The lowest BCUT2D eigenvalue weighted by molar-refractivity contribution is -0.152. The highest BCUT2D eigenvalue weighted by Crippen LogP contribution is 2.45. The smallest absolute Gasteiger partial charge is 0.228 e. The fourth-order valence-electron chi connectivity index (χ4n) is 6.92. The predicted octanol–water partition coefficient (Wildman–Crippen LogP) is 4.57. The van der Waals surface area contributed by atoms with E-state index < -0.39 is 6.17 Å². The second kappa shape index (κ2) is 11.0. The molecule has 3 aliphatic heterocycles. The first-order valence-corrected chi connectivity index (χ1v) is 14.8. The minimum atomic E-state index is -0.605. The highest BCUT2D eigenvalue weighted by molar-refractivity contribution is 6.31. The molecule has 212 valence electrons. The number of hydrogen-bond acceptors (Lipinski definition) is 6. The van der Waals surface area contributed by atoms with Crippen LogP contribution in [0.3, 0.4) is 0 Å². The third-order valence-electron chi connectivity index (χ3n) is 9.00. The van der Waals surface area contributed by atoms with Gasteiger partial charge in [0.2, 0.25) is 11.8 Å². The number of likely N-dealkylation sites (tertiary alicyclic amines) is 1. The summed E-state index contributed by atoms with van der Waals surface area (Å²) < 4.78 is 8.35. The quantitative estimate of drug-likeness (QED) is 0.511. The first-order valence-electron chi connectivity index (χ1n) is 14.4. The number of Topliss-reactive ketones (excluding diaryl/α,β-unsaturated/α-hetero) is 1. The van der Waals surface area contributed by atoms with Crippen molar-refractivity contribution in [3.05, 3.63) is 40.3 Å². The molecule has 4 aliphatic rings. The van der Waals surface area contributed by atoms with E-state index in [9.17, 15) is 14.4 Å². The van der Waals surface area contributed by atoms with Crippen LogP contribution in [-0.2, 0) is 34.3 Å². The number of benzene rings is 1. The number of aryl methyl sites for hydroxylation is 2. The lowest BCUT2D eigenvalue weighted by Crippen LogP contribution is -2.52. The molecule has 4 heterocycles. The van der Waals surface area contributed by atoms with Crippen LogP contribution < -0.4 is 4.74 Å². The van der Waals surface area contributed by atoms with Gasteiger partial charge in [0.25, 0.3) is 0 Å². The number of nitrogens with zero attached hydrogens (tertiary/aromatic N) is 5. The van der Waals surface area contributed by atoms with Crippen LogP contribution in [0.25, 0.3) is 0 Å². The van der Waals surface area contributed by atoms with Crippen LogP contribution >= 0.6 is 11.6 Å². The van der Waals surface area contributed by atoms with Crippen molar-refractivity contribution in [1.29, 1.82) is 0 Å². The zero-order valence-corrected chi connectivity index (χ0v) is 24.0. The van der Waals surface area contributed by atoms with Crippen LogP contribution in [-0.4, -0.2) is 62.4 Å². The van der Waals surface area contributed by atoms with E-state index in [1.54, 1.807) is 13.3 Å². The lowest BCUT2D eigenvalue weighted by atomic mass is 9.76. The Bertz CT molecular complexity index is 1380. The van der Waals surface area contributed by atoms with Crippen molar-refractivity contribution in [2.24, 2.45) is 23.9 Å². The van der Waals surface area contributed by atoms with Gasteiger partial charge in [0, 0.05) is 49.0 Å². The van der Waals surface area contributed by atoms with Crippen molar-refractivity contribution < 1.29 is 19.1 Å². The maximum atomic E-state index is 14.2. The van der Waals surface area contributed by atoms with E-state index in [-0.39, 0.29) is 29.4 Å². The molecule has 0 radical (unpaired) electrons. The largest absolute Gasteiger partial charge is 0.487 e. The molecule has 6 rings (SSSR count). The number of carbonyl (C=O) groups is 3. The summed E-state index contributed by atoms with van der Waals surface area (Å²) in [5, 5.41) is 0.611. The molecular formula is C30H36ClN5O4. The van der Waals surface area contributed by atoms with Crippen LogP contribution in [0.1, 0.15) is 74.9 Å². The van der Waals surface area contributed by atoms with E-state index in [1.807, 2.05) is 33.5 Å². The molecule has 1 saturated carbocycles. The lowest BCUT2D eigenvalue weighted by Gasteiger charge is -2.45. The van der Waals surface area contributed by atoms with Crippen molar-refractivity contribution in [3.63, 3.8) is 0 Å². The number of halogens is 1. The Hall–Kier alpha value is -3.20. The van der Waals surface area contributed by atoms with Gasteiger partial charge in [-0.2, -0.15) is 0 Å². The SMILES string of the molecule is CC(=O)C1CCCCC1C(=O)N1CCc2c(Cl)ccc(OCC3=Nc4c(ncn4C)CC3)c2C1N1CCCC1=O. The van der Waals surface area contributed by atoms with Crippen molar-refractivity contribution in [3.8, 4) is 5.75 Å². The fraction of sp³-hybridized carbons (Fsp3) is 0.567. The van der Waals surface area contributed by atoms with Gasteiger partial charge < -0.3 is 19.1 Å². The molecule has 0 bridgehead atoms. The third-order valence-corrected chi connectivity index (χ3v) is 9.35. The summed E-state index contributed by atoms with van der Waals surface area (Å²) >= 11 is 6.73. The Kier molecular flexibility index (Phi) is 7.42. The number of ether oxygens (including phenoxy) is 1. The number of rotatable bonds is 6. The van der Waals surface area contributed by atoms with Crippen LogP contribution in [0.15, 0.2) is 23.5 Å². The number of aromatic nitrogens is 2. The van der Waals surface area contributed by atoms with E-state index >= 15 is 0 Å². The molecule has 3 atom stereocenters. The Morgan fingerprint density at radius 2 is 1.85 bits per heavy atom. The molecule has 10 heteroatoms. The molecule has 2 fully saturated rings. The molecule has 1 saturated heterocycles. The monoisotopic (exact) mass is 565 g/mol. The number of imidazole rings is 1. The van der Waals surface area contributed by atoms with Crippen LogP contribution in [0, 0.1) is 11.8 Å². The standard InChI is InChI=1S/C30H36ClN5O4/c1-18(37)20-6-3-4-7-21(20)30(39)36-15-13-22-23(31)10-12-25(27(22)29(36)35-14-5-8-26(35)38)40-16-19-9-11-24-28(33-19)34(2)17-32-24/h10,12,17,20-21,29H,3-9,11,13-16H2,1-2H3. The van der Waals surface area contributed by atoms with Gasteiger partial charge in [-0.1, -0.05) is 24.4 Å². The summed E-state index contributed by atoms with van der Waals surface area (Å²) in [6.07, 6.45) is 7.82. The van der Waals surface area contributed by atoms with Gasteiger partial charge in [0.15, 0.2) is 5.82 Å². The summed E-state index contributed by atoms with van der Waals surface area (Å²) in [6, 6.07) is 3.69. The Morgan fingerprint density at radius 3 is 2.60 bits per heavy atom.